The van der Waals surface area contributed by atoms with Gasteiger partial charge in [0.05, 0.1) is 16.1 Å². The Morgan fingerprint density at radius 3 is 2.35 bits per heavy atom. The summed E-state index contributed by atoms with van der Waals surface area (Å²) in [6, 6.07) is 25.7. The van der Waals surface area contributed by atoms with Crippen LogP contribution in [0, 0.1) is 0 Å². The first kappa shape index (κ1) is 12.8. The zero-order chi connectivity index (χ0) is 15.2. The minimum atomic E-state index is 1.06. The van der Waals surface area contributed by atoms with Crippen LogP contribution in [0.3, 0.4) is 0 Å². The minimum absolute atomic E-state index is 1.06. The van der Waals surface area contributed by atoms with Crippen molar-refractivity contribution in [2.75, 3.05) is 0 Å². The van der Waals surface area contributed by atoms with E-state index in [2.05, 4.69) is 78.2 Å². The number of para-hydroxylation sites is 1. The van der Waals surface area contributed by atoms with Crippen LogP contribution in [-0.2, 0) is 0 Å². The summed E-state index contributed by atoms with van der Waals surface area (Å²) in [5.74, 6) is 0. The maximum absolute atomic E-state index is 4.96. The van der Waals surface area contributed by atoms with Crippen molar-refractivity contribution in [2.24, 2.45) is 0 Å². The third kappa shape index (κ3) is 1.89. The Balaban J connectivity index is 2.09. The van der Waals surface area contributed by atoms with Gasteiger partial charge in [0.25, 0.3) is 0 Å². The number of thiophene rings is 1. The van der Waals surface area contributed by atoms with Crippen molar-refractivity contribution in [3.63, 3.8) is 0 Å². The summed E-state index contributed by atoms with van der Waals surface area (Å²) in [7, 11) is 0. The van der Waals surface area contributed by atoms with E-state index in [4.69, 9.17) is 4.98 Å². The third-order valence-electron chi connectivity index (χ3n) is 4.34. The first-order chi connectivity index (χ1) is 11.4. The molecule has 0 fully saturated rings. The molecule has 1 nitrogen and oxygen atoms in total. The highest BCUT2D eigenvalue weighted by Gasteiger charge is 2.12. The molecule has 0 saturated heterocycles. The van der Waals surface area contributed by atoms with Crippen LogP contribution in [0.25, 0.3) is 43.0 Å². The lowest BCUT2D eigenvalue weighted by Gasteiger charge is -2.11. The second-order valence-corrected chi connectivity index (χ2v) is 6.61. The van der Waals surface area contributed by atoms with Gasteiger partial charge in [-0.1, -0.05) is 60.7 Å². The molecule has 0 unspecified atom stereocenters. The minimum Gasteiger partial charge on any atom is -0.246 e. The van der Waals surface area contributed by atoms with Crippen molar-refractivity contribution >= 4 is 43.8 Å². The summed E-state index contributed by atoms with van der Waals surface area (Å²) in [6.45, 7) is 0. The fourth-order valence-electron chi connectivity index (χ4n) is 3.32. The van der Waals surface area contributed by atoms with E-state index in [1.807, 2.05) is 0 Å². The van der Waals surface area contributed by atoms with E-state index in [1.54, 1.807) is 11.3 Å². The summed E-state index contributed by atoms with van der Waals surface area (Å²) >= 11 is 1.74. The highest BCUT2D eigenvalue weighted by Crippen LogP contribution is 2.37. The zero-order valence-electron chi connectivity index (χ0n) is 12.4. The third-order valence-corrected chi connectivity index (χ3v) is 5.22. The molecule has 108 valence electrons. The number of hydrogen-bond donors (Lipinski definition) is 0. The fraction of sp³-hybridized carbons (Fsp3) is 0. The van der Waals surface area contributed by atoms with Crippen molar-refractivity contribution in [3.05, 3.63) is 78.2 Å². The van der Waals surface area contributed by atoms with Gasteiger partial charge in [-0.3, -0.25) is 0 Å². The number of aromatic nitrogens is 1. The number of nitrogens with zero attached hydrogens (tertiary/aromatic N) is 1. The molecule has 3 aromatic carbocycles. The van der Waals surface area contributed by atoms with Crippen molar-refractivity contribution in [3.8, 4) is 10.6 Å². The lowest BCUT2D eigenvalue weighted by Crippen LogP contribution is -1.89. The lowest BCUT2D eigenvalue weighted by molar-refractivity contribution is 1.45. The SMILES string of the molecule is c1csc(-c2nc3ccccc3c3c2ccc2ccccc23)c1. The van der Waals surface area contributed by atoms with Crippen LogP contribution in [0.2, 0.25) is 0 Å². The fourth-order valence-corrected chi connectivity index (χ4v) is 4.05. The molecule has 0 aliphatic heterocycles. The van der Waals surface area contributed by atoms with Gasteiger partial charge in [0, 0.05) is 16.2 Å². The van der Waals surface area contributed by atoms with Crippen molar-refractivity contribution in [2.45, 2.75) is 0 Å². The van der Waals surface area contributed by atoms with E-state index in [-0.39, 0.29) is 0 Å². The van der Waals surface area contributed by atoms with Crippen LogP contribution >= 0.6 is 11.3 Å². The Morgan fingerprint density at radius 2 is 1.48 bits per heavy atom. The van der Waals surface area contributed by atoms with Crippen LogP contribution in [-0.4, -0.2) is 4.98 Å². The molecule has 23 heavy (non-hydrogen) atoms. The van der Waals surface area contributed by atoms with Gasteiger partial charge < -0.3 is 0 Å². The van der Waals surface area contributed by atoms with Crippen molar-refractivity contribution < 1.29 is 0 Å². The van der Waals surface area contributed by atoms with Gasteiger partial charge in [-0.25, -0.2) is 4.98 Å². The van der Waals surface area contributed by atoms with Crippen LogP contribution in [0.5, 0.6) is 0 Å². The van der Waals surface area contributed by atoms with E-state index >= 15 is 0 Å². The molecule has 5 aromatic rings. The standard InChI is InChI=1S/C21H13NS/c1-2-7-15-14(6-1)11-12-17-20(15)16-8-3-4-9-18(16)22-21(17)19-10-5-13-23-19/h1-13H. The van der Waals surface area contributed by atoms with Gasteiger partial charge in [0.2, 0.25) is 0 Å². The summed E-state index contributed by atoms with van der Waals surface area (Å²) in [4.78, 5) is 6.18. The van der Waals surface area contributed by atoms with Crippen LogP contribution in [0.1, 0.15) is 0 Å². The zero-order valence-corrected chi connectivity index (χ0v) is 13.2. The van der Waals surface area contributed by atoms with E-state index in [1.165, 1.54) is 31.8 Å². The number of fused-ring (bicyclic) bond motifs is 5. The predicted octanol–water partition coefficient (Wildman–Crippen LogP) is 6.27. The Bertz CT molecular complexity index is 1140. The second kappa shape index (κ2) is 4.90. The Morgan fingerprint density at radius 1 is 0.652 bits per heavy atom. The molecule has 2 heteroatoms. The van der Waals surface area contributed by atoms with Gasteiger partial charge in [-0.2, -0.15) is 0 Å². The van der Waals surface area contributed by atoms with Crippen LogP contribution in [0.15, 0.2) is 78.2 Å². The molecule has 0 aliphatic rings. The first-order valence-corrected chi connectivity index (χ1v) is 8.54. The van der Waals surface area contributed by atoms with Gasteiger partial charge in [0.1, 0.15) is 0 Å². The van der Waals surface area contributed by atoms with Crippen molar-refractivity contribution in [1.29, 1.82) is 0 Å². The molecule has 0 spiro atoms. The molecule has 0 radical (unpaired) electrons. The smallest absolute Gasteiger partial charge is 0.0887 e. The average molecular weight is 311 g/mol. The summed E-state index contributed by atoms with van der Waals surface area (Å²) in [5, 5.41) is 8.43. The summed E-state index contributed by atoms with van der Waals surface area (Å²) in [6.07, 6.45) is 0. The molecule has 5 rings (SSSR count). The van der Waals surface area contributed by atoms with Crippen LogP contribution < -0.4 is 0 Å². The quantitative estimate of drug-likeness (QED) is 0.332. The van der Waals surface area contributed by atoms with Gasteiger partial charge in [0.15, 0.2) is 0 Å². The van der Waals surface area contributed by atoms with Crippen molar-refractivity contribution in [1.82, 2.24) is 4.98 Å². The molecule has 0 atom stereocenters. The van der Waals surface area contributed by atoms with E-state index in [9.17, 15) is 0 Å². The van der Waals surface area contributed by atoms with Gasteiger partial charge in [-0.15, -0.1) is 11.3 Å². The molecular weight excluding hydrogens is 298 g/mol. The number of pyridine rings is 1. The maximum Gasteiger partial charge on any atom is 0.0887 e. The number of benzene rings is 3. The first-order valence-electron chi connectivity index (χ1n) is 7.66. The largest absolute Gasteiger partial charge is 0.246 e. The summed E-state index contributed by atoms with van der Waals surface area (Å²) in [5.41, 5.74) is 2.14. The summed E-state index contributed by atoms with van der Waals surface area (Å²) < 4.78 is 0. The molecular formula is C21H13NS. The molecule has 2 heterocycles. The molecule has 0 N–H and O–H groups in total. The Hall–Kier alpha value is -2.71. The number of hydrogen-bond acceptors (Lipinski definition) is 2. The Kier molecular flexibility index (Phi) is 2.73. The number of rotatable bonds is 1. The van der Waals surface area contributed by atoms with E-state index < -0.39 is 0 Å². The lowest BCUT2D eigenvalue weighted by atomic mass is 9.97. The van der Waals surface area contributed by atoms with Gasteiger partial charge in [-0.05, 0) is 28.3 Å². The van der Waals surface area contributed by atoms with Crippen LogP contribution in [0.4, 0.5) is 0 Å². The molecule has 0 aliphatic carbocycles. The van der Waals surface area contributed by atoms with Gasteiger partial charge >= 0.3 is 0 Å². The van der Waals surface area contributed by atoms with E-state index in [0.29, 0.717) is 0 Å². The molecule has 0 amide bonds. The molecule has 2 aromatic heterocycles. The Labute approximate surface area is 137 Å². The second-order valence-electron chi connectivity index (χ2n) is 5.66. The monoisotopic (exact) mass is 311 g/mol. The highest BCUT2D eigenvalue weighted by atomic mass is 32.1. The topological polar surface area (TPSA) is 12.9 Å². The molecule has 0 saturated carbocycles. The molecule has 0 bridgehead atoms. The maximum atomic E-state index is 4.96. The van der Waals surface area contributed by atoms with E-state index in [0.717, 1.165) is 11.2 Å². The average Bonchev–Trinajstić information content (AvgIpc) is 3.15. The normalized spacial score (nSPS) is 11.5. The predicted molar refractivity (Wildman–Crippen MR) is 100 cm³/mol. The highest BCUT2D eigenvalue weighted by molar-refractivity contribution is 7.13.